The van der Waals surface area contributed by atoms with E-state index in [1.54, 1.807) is 0 Å². The van der Waals surface area contributed by atoms with Gasteiger partial charge >= 0.3 is 0 Å². The number of fused-ring (bicyclic) bond motifs is 1. The fraction of sp³-hybridized carbons (Fsp3) is 0.583. The van der Waals surface area contributed by atoms with Crippen molar-refractivity contribution >= 4 is 22.5 Å². The van der Waals surface area contributed by atoms with Crippen molar-refractivity contribution in [3.05, 3.63) is 40.6 Å². The highest BCUT2D eigenvalue weighted by Gasteiger charge is 2.31. The number of carbonyl (C=O) groups excluding carboxylic acids is 1. The van der Waals surface area contributed by atoms with Gasteiger partial charge in [-0.3, -0.25) is 9.00 Å². The van der Waals surface area contributed by atoms with Gasteiger partial charge in [0.05, 0.1) is 22.9 Å². The number of nitrogens with zero attached hydrogens (tertiary/aromatic N) is 2. The molecule has 0 saturated heterocycles. The third kappa shape index (κ3) is 4.25. The summed E-state index contributed by atoms with van der Waals surface area (Å²) in [6.45, 7) is 6.41. The fourth-order valence-corrected chi connectivity index (χ4v) is 6.08. The van der Waals surface area contributed by atoms with Crippen LogP contribution in [0.1, 0.15) is 74.3 Å². The monoisotopic (exact) mass is 427 g/mol. The molecule has 2 heterocycles. The number of hydrogen-bond donors (Lipinski definition) is 1. The molecule has 2 aromatic rings. The first-order valence-corrected chi connectivity index (χ1v) is 12.8. The Morgan fingerprint density at radius 3 is 2.70 bits per heavy atom. The van der Waals surface area contributed by atoms with Crippen LogP contribution >= 0.6 is 0 Å². The predicted octanol–water partition coefficient (Wildman–Crippen LogP) is 5.19. The minimum Gasteiger partial charge on any atom is -0.310 e. The van der Waals surface area contributed by atoms with Crippen LogP contribution in [0.3, 0.4) is 0 Å². The zero-order chi connectivity index (χ0) is 21.3. The Morgan fingerprint density at radius 2 is 1.97 bits per heavy atom. The highest BCUT2D eigenvalue weighted by molar-refractivity contribution is 7.83. The average molecular weight is 428 g/mol. The molecule has 1 atom stereocenters. The molecule has 0 spiro atoms. The van der Waals surface area contributed by atoms with Gasteiger partial charge in [-0.15, -0.1) is 0 Å². The molecule has 1 aliphatic carbocycles. The Balaban J connectivity index is 1.56. The maximum Gasteiger partial charge on any atom is 0.228 e. The topological polar surface area (TPSA) is 64.0 Å². The number of aromatic nitrogens is 2. The van der Waals surface area contributed by atoms with E-state index in [9.17, 15) is 9.00 Å². The number of anilines is 1. The Labute approximate surface area is 182 Å². The van der Waals surface area contributed by atoms with Crippen molar-refractivity contribution in [3.63, 3.8) is 0 Å². The first kappa shape index (κ1) is 21.3. The van der Waals surface area contributed by atoms with Crippen LogP contribution in [0, 0.1) is 25.7 Å². The smallest absolute Gasteiger partial charge is 0.228 e. The number of amides is 1. The van der Waals surface area contributed by atoms with Crippen LogP contribution in [0.15, 0.2) is 18.2 Å². The van der Waals surface area contributed by atoms with E-state index in [4.69, 9.17) is 5.10 Å². The molecule has 0 bridgehead atoms. The third-order valence-electron chi connectivity index (χ3n) is 6.90. The summed E-state index contributed by atoms with van der Waals surface area (Å²) in [4.78, 5) is 13.2. The molecule has 2 aliphatic rings. The molecule has 1 saturated carbocycles. The standard InChI is InChI=1S/C24H33N3O2S/c1-4-5-8-18-10-12-19(13-11-18)24(28)25-23-20-14-30(29)15-21(20)26-27(23)22-9-6-7-16(2)17(22)3/h6-7,9,18-19H,4-5,8,10-15H2,1-3H3,(H,25,28). The molecule has 1 amide bonds. The summed E-state index contributed by atoms with van der Waals surface area (Å²) in [6.07, 6.45) is 8.06. The number of unbranched alkanes of at least 4 members (excludes halogenated alkanes) is 1. The zero-order valence-corrected chi connectivity index (χ0v) is 19.2. The number of carbonyl (C=O) groups is 1. The van der Waals surface area contributed by atoms with Crippen molar-refractivity contribution < 1.29 is 9.00 Å². The molecule has 0 radical (unpaired) electrons. The molecular weight excluding hydrogens is 394 g/mol. The summed E-state index contributed by atoms with van der Waals surface area (Å²) in [7, 11) is -0.928. The molecular formula is C24H33N3O2S. The lowest BCUT2D eigenvalue weighted by Gasteiger charge is -2.28. The largest absolute Gasteiger partial charge is 0.310 e. The Bertz CT molecular complexity index is 958. The summed E-state index contributed by atoms with van der Waals surface area (Å²) >= 11 is 0. The van der Waals surface area contributed by atoms with Crippen LogP contribution in [-0.2, 0) is 27.1 Å². The summed E-state index contributed by atoms with van der Waals surface area (Å²) in [5, 5.41) is 7.98. The molecule has 1 aromatic carbocycles. The van der Waals surface area contributed by atoms with E-state index >= 15 is 0 Å². The van der Waals surface area contributed by atoms with Gasteiger partial charge in [0.2, 0.25) is 5.91 Å². The Hall–Kier alpha value is -1.95. The van der Waals surface area contributed by atoms with Gasteiger partial charge in [-0.05, 0) is 62.6 Å². The lowest BCUT2D eigenvalue weighted by Crippen LogP contribution is -2.28. The first-order valence-electron chi connectivity index (χ1n) is 11.3. The molecule has 1 unspecified atom stereocenters. The maximum atomic E-state index is 13.2. The molecule has 1 fully saturated rings. The molecule has 30 heavy (non-hydrogen) atoms. The van der Waals surface area contributed by atoms with Crippen molar-refractivity contribution in [2.24, 2.45) is 11.8 Å². The van der Waals surface area contributed by atoms with Crippen molar-refractivity contribution in [1.82, 2.24) is 9.78 Å². The summed E-state index contributed by atoms with van der Waals surface area (Å²) < 4.78 is 14.0. The minimum atomic E-state index is -0.928. The van der Waals surface area contributed by atoms with E-state index in [0.717, 1.165) is 59.9 Å². The van der Waals surface area contributed by atoms with Crippen LogP contribution < -0.4 is 5.32 Å². The Kier molecular flexibility index (Phi) is 6.42. The van der Waals surface area contributed by atoms with Gasteiger partial charge in [0.25, 0.3) is 0 Å². The first-order chi connectivity index (χ1) is 14.5. The van der Waals surface area contributed by atoms with Gasteiger partial charge in [-0.25, -0.2) is 4.68 Å². The van der Waals surface area contributed by atoms with Crippen LogP contribution in [0.5, 0.6) is 0 Å². The lowest BCUT2D eigenvalue weighted by molar-refractivity contribution is -0.121. The number of aryl methyl sites for hydroxylation is 1. The number of nitrogens with one attached hydrogen (secondary N) is 1. The normalized spacial score (nSPS) is 23.4. The van der Waals surface area contributed by atoms with E-state index in [-0.39, 0.29) is 11.8 Å². The molecule has 5 nitrogen and oxygen atoms in total. The molecule has 1 aliphatic heterocycles. The van der Waals surface area contributed by atoms with E-state index in [0.29, 0.717) is 11.5 Å². The fourth-order valence-electron chi connectivity index (χ4n) is 4.82. The minimum absolute atomic E-state index is 0.0624. The second-order valence-electron chi connectivity index (χ2n) is 8.98. The molecule has 4 rings (SSSR count). The summed E-state index contributed by atoms with van der Waals surface area (Å²) in [6, 6.07) is 6.14. The van der Waals surface area contributed by atoms with Crippen molar-refractivity contribution in [2.45, 2.75) is 77.2 Å². The summed E-state index contributed by atoms with van der Waals surface area (Å²) in [5.41, 5.74) is 5.11. The van der Waals surface area contributed by atoms with Crippen LogP contribution in [0.25, 0.3) is 5.69 Å². The van der Waals surface area contributed by atoms with Gasteiger partial charge in [0.15, 0.2) is 0 Å². The van der Waals surface area contributed by atoms with Gasteiger partial charge in [-0.2, -0.15) is 5.10 Å². The summed E-state index contributed by atoms with van der Waals surface area (Å²) in [5.74, 6) is 2.60. The highest BCUT2D eigenvalue weighted by atomic mass is 32.2. The maximum absolute atomic E-state index is 13.2. The van der Waals surface area contributed by atoms with E-state index in [2.05, 4.69) is 32.2 Å². The van der Waals surface area contributed by atoms with Gasteiger partial charge in [0.1, 0.15) is 5.82 Å². The zero-order valence-electron chi connectivity index (χ0n) is 18.4. The van der Waals surface area contributed by atoms with E-state index in [1.165, 1.54) is 24.8 Å². The second kappa shape index (κ2) is 9.04. The number of hydrogen-bond acceptors (Lipinski definition) is 3. The average Bonchev–Trinajstić information content (AvgIpc) is 3.25. The lowest BCUT2D eigenvalue weighted by atomic mass is 9.79. The molecule has 6 heteroatoms. The van der Waals surface area contributed by atoms with Crippen molar-refractivity contribution in [2.75, 3.05) is 5.32 Å². The second-order valence-corrected chi connectivity index (χ2v) is 10.4. The molecule has 162 valence electrons. The molecule has 1 aromatic heterocycles. The number of rotatable bonds is 6. The van der Waals surface area contributed by atoms with Gasteiger partial charge in [0, 0.05) is 22.3 Å². The quantitative estimate of drug-likeness (QED) is 0.690. The van der Waals surface area contributed by atoms with E-state index in [1.807, 2.05) is 16.8 Å². The third-order valence-corrected chi connectivity index (χ3v) is 8.11. The van der Waals surface area contributed by atoms with Crippen LogP contribution in [0.4, 0.5) is 5.82 Å². The number of benzene rings is 1. The van der Waals surface area contributed by atoms with Crippen LogP contribution in [0.2, 0.25) is 0 Å². The Morgan fingerprint density at radius 1 is 1.20 bits per heavy atom. The predicted molar refractivity (Wildman–Crippen MR) is 122 cm³/mol. The molecule has 1 N–H and O–H groups in total. The van der Waals surface area contributed by atoms with Gasteiger partial charge in [-0.1, -0.05) is 38.3 Å². The van der Waals surface area contributed by atoms with E-state index < -0.39 is 10.8 Å². The van der Waals surface area contributed by atoms with Crippen LogP contribution in [-0.4, -0.2) is 19.9 Å². The van der Waals surface area contributed by atoms with Gasteiger partial charge < -0.3 is 5.32 Å². The van der Waals surface area contributed by atoms with Crippen molar-refractivity contribution in [1.29, 1.82) is 0 Å². The SMILES string of the molecule is CCCCC1CCC(C(=O)Nc2c3c(nn2-c2cccc(C)c2C)CS(=O)C3)CC1. The van der Waals surface area contributed by atoms with Crippen molar-refractivity contribution in [3.8, 4) is 5.69 Å². The highest BCUT2D eigenvalue weighted by Crippen LogP contribution is 2.35.